The van der Waals surface area contributed by atoms with E-state index in [1.165, 1.54) is 0 Å². The van der Waals surface area contributed by atoms with Gasteiger partial charge in [-0.2, -0.15) is 0 Å². The van der Waals surface area contributed by atoms with Crippen molar-refractivity contribution in [1.82, 2.24) is 0 Å². The fraction of sp³-hybridized carbons (Fsp3) is 0.429. The molecular formula is C7H9InO3. The van der Waals surface area contributed by atoms with E-state index in [9.17, 15) is 9.59 Å². The number of carbonyl (C=O) groups is 2. The molecule has 0 radical (unpaired) electrons. The van der Waals surface area contributed by atoms with E-state index in [0.29, 0.717) is 4.18 Å². The van der Waals surface area contributed by atoms with E-state index in [-0.39, 0.29) is 0 Å². The van der Waals surface area contributed by atoms with Gasteiger partial charge >= 0.3 is 72.6 Å². The summed E-state index contributed by atoms with van der Waals surface area (Å²) >= 11 is -1.69. The Labute approximate surface area is 72.6 Å². The van der Waals surface area contributed by atoms with Crippen LogP contribution in [0.25, 0.3) is 0 Å². The van der Waals surface area contributed by atoms with Crippen LogP contribution in [0.3, 0.4) is 0 Å². The average Bonchev–Trinajstić information content (AvgIpc) is 2.39. The van der Waals surface area contributed by atoms with Gasteiger partial charge in [0.15, 0.2) is 0 Å². The topological polar surface area (TPSA) is 54.4 Å². The molecule has 3 nitrogen and oxygen atoms in total. The van der Waals surface area contributed by atoms with Crippen molar-refractivity contribution in [3.8, 4) is 0 Å². The zero-order valence-electron chi connectivity index (χ0n) is 6.12. The number of allylic oxidation sites excluding steroid dienone is 2. The summed E-state index contributed by atoms with van der Waals surface area (Å²) in [5, 5.41) is 8.31. The SMILES string of the molecule is O=C(O)C(=O)[CH2][In]1[CH2]C=C[CH2]1. The molecule has 1 N–H and O–H groups in total. The van der Waals surface area contributed by atoms with Gasteiger partial charge in [0.05, 0.1) is 0 Å². The minimum absolute atomic E-state index is 0.393. The fourth-order valence-corrected chi connectivity index (χ4v) is 7.98. The zero-order chi connectivity index (χ0) is 8.27. The van der Waals surface area contributed by atoms with Crippen molar-refractivity contribution < 1.29 is 14.7 Å². The Bertz CT molecular complexity index is 202. The van der Waals surface area contributed by atoms with Gasteiger partial charge in [-0.3, -0.25) is 0 Å². The molecule has 0 spiro atoms. The van der Waals surface area contributed by atoms with Crippen LogP contribution in [-0.4, -0.2) is 38.3 Å². The van der Waals surface area contributed by atoms with Crippen molar-refractivity contribution in [3.05, 3.63) is 12.2 Å². The molecule has 0 fully saturated rings. The van der Waals surface area contributed by atoms with Gasteiger partial charge in [-0.15, -0.1) is 0 Å². The number of hydrogen-bond acceptors (Lipinski definition) is 2. The number of aliphatic carboxylic acids is 1. The predicted molar refractivity (Wildman–Crippen MR) is 42.0 cm³/mol. The Morgan fingerprint density at radius 1 is 1.36 bits per heavy atom. The molecule has 58 valence electrons. The first-order valence-electron chi connectivity index (χ1n) is 3.61. The van der Waals surface area contributed by atoms with Crippen molar-refractivity contribution in [2.75, 3.05) is 0 Å². The monoisotopic (exact) mass is 256 g/mol. The Morgan fingerprint density at radius 3 is 2.36 bits per heavy atom. The third-order valence-corrected chi connectivity index (χ3v) is 9.88. The van der Waals surface area contributed by atoms with Crippen LogP contribution in [0.5, 0.6) is 0 Å². The van der Waals surface area contributed by atoms with Crippen LogP contribution < -0.4 is 0 Å². The van der Waals surface area contributed by atoms with E-state index in [0.717, 1.165) is 8.35 Å². The average molecular weight is 256 g/mol. The van der Waals surface area contributed by atoms with Crippen LogP contribution in [0.4, 0.5) is 0 Å². The van der Waals surface area contributed by atoms with E-state index < -0.39 is 33.2 Å². The van der Waals surface area contributed by atoms with Crippen LogP contribution in [0.2, 0.25) is 12.5 Å². The molecule has 0 saturated carbocycles. The standard InChI is InChI=1S/C4H6.C3H3O3.In/c1-3-4-2;1-2(4)3(5)6;/h3-4H,1-2H2;1H2,(H,5,6);. The second kappa shape index (κ2) is 3.95. The second-order valence-corrected chi connectivity index (χ2v) is 11.5. The van der Waals surface area contributed by atoms with E-state index >= 15 is 0 Å². The molecule has 11 heavy (non-hydrogen) atoms. The van der Waals surface area contributed by atoms with Crippen molar-refractivity contribution in [2.45, 2.75) is 12.5 Å². The maximum atomic E-state index is 10.7. The summed E-state index contributed by atoms with van der Waals surface area (Å²) in [6.45, 7) is 0. The Morgan fingerprint density at radius 2 is 1.91 bits per heavy atom. The summed E-state index contributed by atoms with van der Waals surface area (Å²) in [7, 11) is 0. The van der Waals surface area contributed by atoms with E-state index in [4.69, 9.17) is 5.11 Å². The zero-order valence-corrected chi connectivity index (χ0v) is 9.41. The Hall–Kier alpha value is -0.250. The molecule has 1 rings (SSSR count). The minimum atomic E-state index is -1.69. The number of carboxylic acids is 1. The number of ketones is 1. The van der Waals surface area contributed by atoms with Gasteiger partial charge < -0.3 is 0 Å². The fourth-order valence-electron chi connectivity index (χ4n) is 1.19. The van der Waals surface area contributed by atoms with Crippen LogP contribution >= 0.6 is 0 Å². The van der Waals surface area contributed by atoms with Crippen molar-refractivity contribution in [2.24, 2.45) is 0 Å². The molecular weight excluding hydrogens is 247 g/mol. The number of Topliss-reactive ketones (excluding diaryl/α,β-unsaturated/α-hetero) is 1. The molecule has 0 bridgehead atoms. The van der Waals surface area contributed by atoms with Gasteiger partial charge in [0.2, 0.25) is 0 Å². The summed E-state index contributed by atoms with van der Waals surface area (Å²) < 4.78 is 2.51. The summed E-state index contributed by atoms with van der Waals surface area (Å²) in [6.07, 6.45) is 4.16. The van der Waals surface area contributed by atoms with E-state index in [2.05, 4.69) is 12.2 Å². The molecule has 0 aromatic rings. The van der Waals surface area contributed by atoms with Crippen LogP contribution in [0.1, 0.15) is 0 Å². The van der Waals surface area contributed by atoms with Gasteiger partial charge in [0.25, 0.3) is 0 Å². The molecule has 0 amide bonds. The second-order valence-electron chi connectivity index (χ2n) is 2.74. The van der Waals surface area contributed by atoms with E-state index in [1.807, 2.05) is 0 Å². The third-order valence-electron chi connectivity index (χ3n) is 1.82. The molecule has 0 unspecified atom stereocenters. The summed E-state index contributed by atoms with van der Waals surface area (Å²) in [5.74, 6) is -1.83. The number of rotatable bonds is 3. The quantitative estimate of drug-likeness (QED) is 0.597. The first-order valence-corrected chi connectivity index (χ1v) is 10.6. The molecule has 0 saturated heterocycles. The van der Waals surface area contributed by atoms with E-state index in [1.54, 1.807) is 0 Å². The molecule has 1 aliphatic rings. The molecule has 0 aromatic carbocycles. The normalized spacial score (nSPS) is 15.5. The molecule has 0 aromatic heterocycles. The number of carboxylic acid groups (broad SMARTS) is 1. The molecule has 0 atom stereocenters. The van der Waals surface area contributed by atoms with Crippen molar-refractivity contribution >= 4 is 33.2 Å². The molecule has 1 aliphatic heterocycles. The van der Waals surface area contributed by atoms with Crippen LogP contribution in [-0.2, 0) is 9.59 Å². The third kappa shape index (κ3) is 2.69. The predicted octanol–water partition coefficient (Wildman–Crippen LogP) is 0.705. The number of carbonyl (C=O) groups excluding carboxylic acids is 1. The van der Waals surface area contributed by atoms with Crippen molar-refractivity contribution in [1.29, 1.82) is 0 Å². The Kier molecular flexibility index (Phi) is 3.17. The number of hydrogen-bond donors (Lipinski definition) is 1. The summed E-state index contributed by atoms with van der Waals surface area (Å²) in [4.78, 5) is 20.9. The molecule has 0 aliphatic carbocycles. The van der Waals surface area contributed by atoms with Crippen molar-refractivity contribution in [3.63, 3.8) is 0 Å². The molecule has 4 heteroatoms. The first-order chi connectivity index (χ1) is 5.20. The molecule has 1 heterocycles. The summed E-state index contributed by atoms with van der Waals surface area (Å²) in [6, 6.07) is 0. The van der Waals surface area contributed by atoms with Crippen LogP contribution in [0, 0.1) is 0 Å². The first kappa shape index (κ1) is 8.84. The van der Waals surface area contributed by atoms with Crippen LogP contribution in [0.15, 0.2) is 12.2 Å². The Balaban J connectivity index is 2.31. The van der Waals surface area contributed by atoms with Gasteiger partial charge in [-0.05, 0) is 0 Å². The summed E-state index contributed by atoms with van der Waals surface area (Å²) in [5.41, 5.74) is 0. The maximum absolute atomic E-state index is 10.7. The van der Waals surface area contributed by atoms with Gasteiger partial charge in [0, 0.05) is 0 Å². The van der Waals surface area contributed by atoms with Gasteiger partial charge in [-0.25, -0.2) is 0 Å². The van der Waals surface area contributed by atoms with Gasteiger partial charge in [-0.1, -0.05) is 0 Å². The van der Waals surface area contributed by atoms with Gasteiger partial charge in [0.1, 0.15) is 0 Å².